The zero-order valence-electron chi connectivity index (χ0n) is 33.0. The Kier molecular flexibility index (Phi) is 15.0. The van der Waals surface area contributed by atoms with Crippen LogP contribution < -0.4 is 34.5 Å². The number of nitrogens with zero attached hydrogens (tertiary/aromatic N) is 1. The predicted octanol–water partition coefficient (Wildman–Crippen LogP) is 8.22. The number of ether oxygens (including phenoxy) is 5. The standard InChI is InChI=1S/C46H49ClFN3O7/c1-54-35-21-19-33(41(27-35)55-2)30-51-39-22-20-34(47)26-37(39)44(58-42(46(51)53)28-43(52)50-29-32-15-7-8-17-38(32)48)36-16-9-18-40(45(36)56-3)57-25-11-24-49-23-10-14-31-12-5-4-6-13-31/h4-9,12-13,15-22,26-27,42,44,49H,10-11,14,23-25,28-30H2,1-3H3,(H,50,52)/t42-,44-/m1/s1. The topological polar surface area (TPSA) is 108 Å². The van der Waals surface area contributed by atoms with E-state index in [4.69, 9.17) is 35.3 Å². The molecule has 1 aliphatic heterocycles. The Labute approximate surface area is 344 Å². The van der Waals surface area contributed by atoms with Crippen LogP contribution in [-0.2, 0) is 33.8 Å². The van der Waals surface area contributed by atoms with Crippen molar-refractivity contribution in [3.05, 3.63) is 148 Å². The number of carbonyl (C=O) groups excluding carboxylic acids is 2. The summed E-state index contributed by atoms with van der Waals surface area (Å²) in [5.74, 6) is 0.627. The summed E-state index contributed by atoms with van der Waals surface area (Å²) in [6, 6.07) is 32.7. The van der Waals surface area contributed by atoms with Gasteiger partial charge in [0.25, 0.3) is 5.91 Å². The summed E-state index contributed by atoms with van der Waals surface area (Å²) >= 11 is 6.66. The van der Waals surface area contributed by atoms with Crippen molar-refractivity contribution in [2.45, 2.75) is 51.0 Å². The molecule has 0 spiro atoms. The van der Waals surface area contributed by atoms with Crippen molar-refractivity contribution in [2.24, 2.45) is 0 Å². The first-order valence-electron chi connectivity index (χ1n) is 19.3. The number of benzene rings is 5. The molecule has 1 heterocycles. The zero-order valence-corrected chi connectivity index (χ0v) is 33.7. The van der Waals surface area contributed by atoms with Crippen molar-refractivity contribution in [3.8, 4) is 23.0 Å². The summed E-state index contributed by atoms with van der Waals surface area (Å²) in [6.07, 6.45) is 0.273. The molecular weight excluding hydrogens is 761 g/mol. The molecule has 2 amide bonds. The molecule has 5 aromatic rings. The van der Waals surface area contributed by atoms with E-state index in [0.29, 0.717) is 62.6 Å². The fourth-order valence-corrected chi connectivity index (χ4v) is 7.16. The minimum Gasteiger partial charge on any atom is -0.497 e. The van der Waals surface area contributed by atoms with Crippen molar-refractivity contribution in [1.29, 1.82) is 0 Å². The van der Waals surface area contributed by atoms with Gasteiger partial charge in [-0.15, -0.1) is 0 Å². The fourth-order valence-electron chi connectivity index (χ4n) is 6.98. The van der Waals surface area contributed by atoms with Crippen LogP contribution in [0, 0.1) is 5.82 Å². The Hall–Kier alpha value is -5.62. The van der Waals surface area contributed by atoms with Crippen LogP contribution in [0.5, 0.6) is 23.0 Å². The van der Waals surface area contributed by atoms with Crippen molar-refractivity contribution in [1.82, 2.24) is 10.6 Å². The van der Waals surface area contributed by atoms with E-state index in [1.165, 1.54) is 11.6 Å². The minimum absolute atomic E-state index is 0.0607. The maximum atomic E-state index is 14.7. The number of aryl methyl sites for hydroxylation is 1. The number of halogens is 2. The number of amides is 2. The Bertz CT molecular complexity index is 2150. The van der Waals surface area contributed by atoms with Gasteiger partial charge in [0, 0.05) is 39.9 Å². The van der Waals surface area contributed by atoms with Crippen molar-refractivity contribution >= 4 is 29.1 Å². The molecule has 6 rings (SSSR count). The van der Waals surface area contributed by atoms with Gasteiger partial charge < -0.3 is 39.2 Å². The number of nitrogens with one attached hydrogen (secondary N) is 2. The molecular formula is C46H49ClFN3O7. The van der Waals surface area contributed by atoms with Gasteiger partial charge in [-0.25, -0.2) is 4.39 Å². The van der Waals surface area contributed by atoms with E-state index >= 15 is 0 Å². The van der Waals surface area contributed by atoms with E-state index in [1.807, 2.05) is 30.3 Å². The number of anilines is 1. The van der Waals surface area contributed by atoms with Crippen LogP contribution in [0.4, 0.5) is 10.1 Å². The second-order valence-corrected chi connectivity index (χ2v) is 14.2. The molecule has 0 saturated heterocycles. The normalized spacial score (nSPS) is 15.0. The summed E-state index contributed by atoms with van der Waals surface area (Å²) in [7, 11) is 4.66. The van der Waals surface area contributed by atoms with Gasteiger partial charge in [0.2, 0.25) is 5.91 Å². The van der Waals surface area contributed by atoms with Crippen LogP contribution in [0.3, 0.4) is 0 Å². The number of hydrogen-bond donors (Lipinski definition) is 2. The van der Waals surface area contributed by atoms with Gasteiger partial charge in [0.15, 0.2) is 11.5 Å². The zero-order chi connectivity index (χ0) is 40.9. The van der Waals surface area contributed by atoms with E-state index in [9.17, 15) is 14.0 Å². The molecule has 0 bridgehead atoms. The Morgan fingerprint density at radius 2 is 1.60 bits per heavy atom. The smallest absolute Gasteiger partial charge is 0.257 e. The lowest BCUT2D eigenvalue weighted by molar-refractivity contribution is -0.138. The largest absolute Gasteiger partial charge is 0.497 e. The highest BCUT2D eigenvalue weighted by atomic mass is 35.5. The lowest BCUT2D eigenvalue weighted by Gasteiger charge is -2.26. The van der Waals surface area contributed by atoms with Gasteiger partial charge in [-0.3, -0.25) is 9.59 Å². The molecule has 0 unspecified atom stereocenters. The number of methoxy groups -OCH3 is 3. The Balaban J connectivity index is 1.26. The first-order chi connectivity index (χ1) is 28.3. The van der Waals surface area contributed by atoms with E-state index in [0.717, 1.165) is 32.4 Å². The molecule has 5 aromatic carbocycles. The average molecular weight is 810 g/mol. The highest BCUT2D eigenvalue weighted by molar-refractivity contribution is 6.30. The van der Waals surface area contributed by atoms with Gasteiger partial charge in [0.1, 0.15) is 29.5 Å². The van der Waals surface area contributed by atoms with Crippen LogP contribution in [0.15, 0.2) is 109 Å². The molecule has 0 aromatic heterocycles. The molecule has 0 saturated carbocycles. The second-order valence-electron chi connectivity index (χ2n) is 13.8. The second kappa shape index (κ2) is 20.7. The molecule has 2 N–H and O–H groups in total. The molecule has 0 radical (unpaired) electrons. The fraction of sp³-hybridized carbons (Fsp3) is 0.304. The highest BCUT2D eigenvalue weighted by Gasteiger charge is 2.39. The molecule has 0 fully saturated rings. The van der Waals surface area contributed by atoms with E-state index in [1.54, 1.807) is 74.8 Å². The molecule has 0 aliphatic carbocycles. The summed E-state index contributed by atoms with van der Waals surface area (Å²) in [5.41, 5.74) is 4.02. The number of para-hydroxylation sites is 1. The van der Waals surface area contributed by atoms with Gasteiger partial charge in [-0.1, -0.05) is 72.3 Å². The number of carbonyl (C=O) groups is 2. The monoisotopic (exact) mass is 809 g/mol. The Morgan fingerprint density at radius 1 is 0.810 bits per heavy atom. The quantitative estimate of drug-likeness (QED) is 0.0805. The molecule has 1 aliphatic rings. The van der Waals surface area contributed by atoms with Crippen molar-refractivity contribution < 1.29 is 37.7 Å². The first-order valence-corrected chi connectivity index (χ1v) is 19.7. The average Bonchev–Trinajstić information content (AvgIpc) is 3.35. The van der Waals surface area contributed by atoms with Crippen LogP contribution in [0.1, 0.15) is 53.2 Å². The van der Waals surface area contributed by atoms with Crippen molar-refractivity contribution in [2.75, 3.05) is 45.9 Å². The molecule has 12 heteroatoms. The SMILES string of the molecule is COc1ccc(CN2C(=O)[C@@H](CC(=O)NCc3ccccc3F)O[C@H](c3cccc(OCCCNCCCc4ccccc4)c3OC)c3cc(Cl)ccc32)c(OC)c1. The van der Waals surface area contributed by atoms with Crippen LogP contribution >= 0.6 is 11.6 Å². The molecule has 10 nitrogen and oxygen atoms in total. The van der Waals surface area contributed by atoms with Gasteiger partial charge in [0.05, 0.1) is 46.6 Å². The predicted molar refractivity (Wildman–Crippen MR) is 223 cm³/mol. The van der Waals surface area contributed by atoms with Crippen LogP contribution in [0.25, 0.3) is 0 Å². The number of hydrogen-bond acceptors (Lipinski definition) is 8. The third-order valence-corrected chi connectivity index (χ3v) is 10.2. The summed E-state index contributed by atoms with van der Waals surface area (Å²) in [6.45, 7) is 2.13. The third kappa shape index (κ3) is 10.7. The van der Waals surface area contributed by atoms with E-state index in [-0.39, 0.29) is 19.5 Å². The minimum atomic E-state index is -1.27. The highest BCUT2D eigenvalue weighted by Crippen LogP contribution is 2.46. The Morgan fingerprint density at radius 3 is 2.38 bits per heavy atom. The summed E-state index contributed by atoms with van der Waals surface area (Å²) in [5, 5.41) is 6.67. The third-order valence-electron chi connectivity index (χ3n) is 9.95. The summed E-state index contributed by atoms with van der Waals surface area (Å²) < 4.78 is 44.5. The summed E-state index contributed by atoms with van der Waals surface area (Å²) in [4.78, 5) is 29.8. The molecule has 2 atom stereocenters. The number of rotatable bonds is 19. The maximum absolute atomic E-state index is 14.7. The van der Waals surface area contributed by atoms with E-state index < -0.39 is 29.8 Å². The van der Waals surface area contributed by atoms with Gasteiger partial charge >= 0.3 is 0 Å². The van der Waals surface area contributed by atoms with Crippen LogP contribution in [-0.4, -0.2) is 58.9 Å². The van der Waals surface area contributed by atoms with Crippen LogP contribution in [0.2, 0.25) is 5.02 Å². The van der Waals surface area contributed by atoms with Crippen molar-refractivity contribution in [3.63, 3.8) is 0 Å². The van der Waals surface area contributed by atoms with Gasteiger partial charge in [-0.05, 0) is 80.4 Å². The van der Waals surface area contributed by atoms with E-state index in [2.05, 4.69) is 34.9 Å². The number of fused-ring (bicyclic) bond motifs is 1. The molecule has 58 heavy (non-hydrogen) atoms. The lowest BCUT2D eigenvalue weighted by atomic mass is 9.97. The molecule has 304 valence electrons. The van der Waals surface area contributed by atoms with Gasteiger partial charge in [-0.2, -0.15) is 0 Å². The lowest BCUT2D eigenvalue weighted by Crippen LogP contribution is -2.41. The first kappa shape index (κ1) is 42.0. The maximum Gasteiger partial charge on any atom is 0.257 e.